The van der Waals surface area contributed by atoms with Crippen molar-refractivity contribution in [3.05, 3.63) is 90.0 Å². The van der Waals surface area contributed by atoms with Gasteiger partial charge in [0.2, 0.25) is 15.0 Å². The number of halogens is 1. The third-order valence-electron chi connectivity index (χ3n) is 5.58. The van der Waals surface area contributed by atoms with Gasteiger partial charge in [-0.25, -0.2) is 17.8 Å². The molecule has 34 heavy (non-hydrogen) atoms. The maximum Gasteiger partial charge on any atom is 0.254 e. The van der Waals surface area contributed by atoms with E-state index in [4.69, 9.17) is 4.74 Å². The Balaban J connectivity index is 1.63. The van der Waals surface area contributed by atoms with Crippen molar-refractivity contribution in [2.45, 2.75) is 36.3 Å². The Bertz CT molecular complexity index is 1320. The number of aromatic nitrogens is 2. The number of amides is 1. The molecule has 1 saturated carbocycles. The summed E-state index contributed by atoms with van der Waals surface area (Å²) in [6, 6.07) is 12.4. The number of carbonyl (C=O) groups is 1. The fourth-order valence-electron chi connectivity index (χ4n) is 3.87. The summed E-state index contributed by atoms with van der Waals surface area (Å²) in [7, 11) is -2.23. The van der Waals surface area contributed by atoms with Crippen LogP contribution in [0.4, 0.5) is 4.39 Å². The molecule has 0 radical (unpaired) electrons. The monoisotopic (exact) mass is 483 g/mol. The number of nitrogens with zero attached hydrogens (tertiary/aromatic N) is 3. The largest absolute Gasteiger partial charge is 0.497 e. The molecule has 1 fully saturated rings. The van der Waals surface area contributed by atoms with Crippen LogP contribution in [0.1, 0.15) is 40.5 Å². The van der Waals surface area contributed by atoms with E-state index >= 15 is 0 Å². The Hall–Kier alpha value is -3.46. The highest BCUT2D eigenvalue weighted by molar-refractivity contribution is 7.90. The van der Waals surface area contributed by atoms with E-state index in [1.807, 2.05) is 0 Å². The second-order valence-electron chi connectivity index (χ2n) is 8.23. The summed E-state index contributed by atoms with van der Waals surface area (Å²) in [6.45, 7) is 4.06. The number of benzene rings is 2. The molecule has 1 aliphatic carbocycles. The number of sulfone groups is 1. The molecule has 178 valence electrons. The van der Waals surface area contributed by atoms with Crippen LogP contribution in [-0.4, -0.2) is 42.4 Å². The lowest BCUT2D eigenvalue weighted by atomic mass is 10.2. The fraction of sp³-hybridized carbons (Fsp3) is 0.280. The van der Waals surface area contributed by atoms with Gasteiger partial charge in [-0.1, -0.05) is 24.3 Å². The van der Waals surface area contributed by atoms with Gasteiger partial charge in [-0.15, -0.1) is 6.58 Å². The molecule has 0 N–H and O–H groups in total. The maximum atomic E-state index is 13.7. The first-order valence-corrected chi connectivity index (χ1v) is 12.5. The third kappa shape index (κ3) is 5.20. The van der Waals surface area contributed by atoms with Gasteiger partial charge in [0.1, 0.15) is 11.6 Å². The van der Waals surface area contributed by atoms with Crippen LogP contribution in [-0.2, 0) is 22.1 Å². The van der Waals surface area contributed by atoms with Gasteiger partial charge >= 0.3 is 0 Å². The van der Waals surface area contributed by atoms with Crippen LogP contribution in [0.2, 0.25) is 0 Å². The Kier molecular flexibility index (Phi) is 6.83. The highest BCUT2D eigenvalue weighted by Crippen LogP contribution is 2.39. The van der Waals surface area contributed by atoms with Crippen molar-refractivity contribution in [2.24, 2.45) is 0 Å². The van der Waals surface area contributed by atoms with Crippen molar-refractivity contribution >= 4 is 15.7 Å². The zero-order valence-corrected chi connectivity index (χ0v) is 19.7. The number of ether oxygens (including phenoxy) is 1. The van der Waals surface area contributed by atoms with E-state index < -0.39 is 15.7 Å². The molecule has 0 saturated heterocycles. The molecule has 0 spiro atoms. The topological polar surface area (TPSA) is 81.5 Å². The van der Waals surface area contributed by atoms with Crippen LogP contribution in [0, 0.1) is 5.82 Å². The van der Waals surface area contributed by atoms with Crippen LogP contribution >= 0.6 is 0 Å². The predicted molar refractivity (Wildman–Crippen MR) is 126 cm³/mol. The van der Waals surface area contributed by atoms with Crippen molar-refractivity contribution in [2.75, 3.05) is 13.7 Å². The molecule has 7 nitrogen and oxygen atoms in total. The molecule has 1 aliphatic rings. The summed E-state index contributed by atoms with van der Waals surface area (Å²) in [4.78, 5) is 18.8. The molecule has 0 unspecified atom stereocenters. The number of hydrogen-bond acceptors (Lipinski definition) is 5. The SMILES string of the molecule is C=CCN(Cc1cnc(S(=O)(=O)Cc2cccc(OC)c2)n1C1CC1)C(=O)c1cccc(F)c1. The van der Waals surface area contributed by atoms with Crippen LogP contribution < -0.4 is 4.74 Å². The van der Waals surface area contributed by atoms with E-state index in [0.29, 0.717) is 17.0 Å². The zero-order valence-electron chi connectivity index (χ0n) is 18.9. The van der Waals surface area contributed by atoms with Crippen LogP contribution in [0.3, 0.4) is 0 Å². The standard InChI is InChI=1S/C25H26FN3O4S/c1-3-12-28(24(30)19-7-5-8-20(26)14-19)16-22-15-27-25(29(22)21-10-11-21)34(31,32)17-18-6-4-9-23(13-18)33-2/h3-9,13-15,21H,1,10-12,16-17H2,2H3. The molecule has 1 heterocycles. The number of carbonyl (C=O) groups excluding carboxylic acids is 1. The van der Waals surface area contributed by atoms with Gasteiger partial charge in [0.25, 0.3) is 5.91 Å². The molecule has 2 aromatic carbocycles. The second-order valence-corrected chi connectivity index (χ2v) is 10.1. The van der Waals surface area contributed by atoms with Gasteiger partial charge in [0.15, 0.2) is 0 Å². The van der Waals surface area contributed by atoms with E-state index in [1.165, 1.54) is 36.4 Å². The smallest absolute Gasteiger partial charge is 0.254 e. The van der Waals surface area contributed by atoms with E-state index in [9.17, 15) is 17.6 Å². The number of rotatable bonds is 10. The molecule has 0 atom stereocenters. The first-order chi connectivity index (χ1) is 16.3. The molecular formula is C25H26FN3O4S. The van der Waals surface area contributed by atoms with E-state index in [0.717, 1.165) is 12.8 Å². The van der Waals surface area contributed by atoms with Crippen LogP contribution in [0.15, 0.2) is 72.5 Å². The van der Waals surface area contributed by atoms with Crippen molar-refractivity contribution in [1.82, 2.24) is 14.5 Å². The van der Waals surface area contributed by atoms with Crippen molar-refractivity contribution in [1.29, 1.82) is 0 Å². The minimum absolute atomic E-state index is 0.00965. The van der Waals surface area contributed by atoms with Crippen molar-refractivity contribution < 1.29 is 22.3 Å². The zero-order chi connectivity index (χ0) is 24.3. The van der Waals surface area contributed by atoms with Gasteiger partial charge in [-0.2, -0.15) is 0 Å². The molecule has 4 rings (SSSR count). The van der Waals surface area contributed by atoms with E-state index in [-0.39, 0.29) is 41.5 Å². The first-order valence-electron chi connectivity index (χ1n) is 10.9. The highest BCUT2D eigenvalue weighted by atomic mass is 32.2. The summed E-state index contributed by atoms with van der Waals surface area (Å²) < 4.78 is 47.2. The quantitative estimate of drug-likeness (QED) is 0.405. The predicted octanol–water partition coefficient (Wildman–Crippen LogP) is 4.17. The average Bonchev–Trinajstić information content (AvgIpc) is 3.57. The highest BCUT2D eigenvalue weighted by Gasteiger charge is 2.34. The molecule has 3 aromatic rings. The fourth-order valence-corrected chi connectivity index (χ4v) is 5.40. The summed E-state index contributed by atoms with van der Waals surface area (Å²) >= 11 is 0. The Labute approximate surface area is 198 Å². The van der Waals surface area contributed by atoms with Gasteiger partial charge in [0, 0.05) is 18.2 Å². The number of methoxy groups -OCH3 is 1. The summed E-state index contributed by atoms with van der Waals surface area (Å²) in [5.41, 5.74) is 1.42. The summed E-state index contributed by atoms with van der Waals surface area (Å²) in [5.74, 6) is -0.511. The Morgan fingerprint density at radius 1 is 1.26 bits per heavy atom. The molecule has 1 aromatic heterocycles. The van der Waals surface area contributed by atoms with Gasteiger partial charge in [-0.05, 0) is 48.7 Å². The Morgan fingerprint density at radius 3 is 2.71 bits per heavy atom. The molecule has 9 heteroatoms. The number of imidazole rings is 1. The first kappa shape index (κ1) is 23.7. The lowest BCUT2D eigenvalue weighted by Gasteiger charge is -2.22. The normalized spacial score (nSPS) is 13.5. The van der Waals surface area contributed by atoms with Crippen LogP contribution in [0.25, 0.3) is 0 Å². The van der Waals surface area contributed by atoms with Gasteiger partial charge in [-0.3, -0.25) is 4.79 Å². The summed E-state index contributed by atoms with van der Waals surface area (Å²) in [5, 5.41) is -0.00965. The maximum absolute atomic E-state index is 13.7. The van der Waals surface area contributed by atoms with E-state index in [1.54, 1.807) is 41.0 Å². The van der Waals surface area contributed by atoms with Crippen LogP contribution in [0.5, 0.6) is 5.75 Å². The lowest BCUT2D eigenvalue weighted by Crippen LogP contribution is -2.31. The van der Waals surface area contributed by atoms with Crippen molar-refractivity contribution in [3.63, 3.8) is 0 Å². The molecule has 0 bridgehead atoms. The molecule has 0 aliphatic heterocycles. The average molecular weight is 484 g/mol. The lowest BCUT2D eigenvalue weighted by molar-refractivity contribution is 0.0758. The molecular weight excluding hydrogens is 457 g/mol. The summed E-state index contributed by atoms with van der Waals surface area (Å²) in [6.07, 6.45) is 4.76. The number of hydrogen-bond donors (Lipinski definition) is 0. The minimum atomic E-state index is -3.76. The van der Waals surface area contributed by atoms with Crippen molar-refractivity contribution in [3.8, 4) is 5.75 Å². The minimum Gasteiger partial charge on any atom is -0.497 e. The van der Waals surface area contributed by atoms with E-state index in [2.05, 4.69) is 11.6 Å². The Morgan fingerprint density at radius 2 is 2.03 bits per heavy atom. The second kappa shape index (κ2) is 9.80. The van der Waals surface area contributed by atoms with Gasteiger partial charge < -0.3 is 14.2 Å². The van der Waals surface area contributed by atoms with Gasteiger partial charge in [0.05, 0.1) is 31.3 Å². The molecule has 1 amide bonds. The third-order valence-corrected chi connectivity index (χ3v) is 7.15.